The van der Waals surface area contributed by atoms with E-state index in [1.807, 2.05) is 36.4 Å². The van der Waals surface area contributed by atoms with Crippen LogP contribution >= 0.6 is 0 Å². The van der Waals surface area contributed by atoms with Gasteiger partial charge in [0.05, 0.1) is 24.1 Å². The smallest absolute Gasteiger partial charge is 0.406 e. The van der Waals surface area contributed by atoms with Crippen LogP contribution in [0, 0.1) is 5.92 Å². The Morgan fingerprint density at radius 3 is 2.11 bits per heavy atom. The van der Waals surface area contributed by atoms with E-state index in [4.69, 9.17) is 0 Å². The van der Waals surface area contributed by atoms with Crippen LogP contribution in [0.2, 0.25) is 0 Å². The van der Waals surface area contributed by atoms with Crippen LogP contribution in [0.4, 0.5) is 24.5 Å². The van der Waals surface area contributed by atoms with Crippen LogP contribution in [0.25, 0.3) is 0 Å². The van der Waals surface area contributed by atoms with Crippen LogP contribution in [-0.4, -0.2) is 41.4 Å². The summed E-state index contributed by atoms with van der Waals surface area (Å²) in [6.07, 6.45) is -1.92. The van der Waals surface area contributed by atoms with E-state index in [9.17, 15) is 22.5 Å². The molecule has 5 rings (SSSR count). The number of benzene rings is 3. The summed E-state index contributed by atoms with van der Waals surface area (Å²) in [7, 11) is -3.19. The van der Waals surface area contributed by atoms with Gasteiger partial charge in [-0.15, -0.1) is 13.2 Å². The molecular formula is C28H30F3N3O3S. The Morgan fingerprint density at radius 2 is 1.55 bits per heavy atom. The lowest BCUT2D eigenvalue weighted by atomic mass is 10.0. The molecule has 2 aliphatic rings. The molecule has 6 nitrogen and oxygen atoms in total. The molecule has 38 heavy (non-hydrogen) atoms. The second kappa shape index (κ2) is 11.0. The minimum Gasteiger partial charge on any atom is -0.406 e. The Kier molecular flexibility index (Phi) is 7.65. The molecule has 2 unspecified atom stereocenters. The number of hydrogen-bond acceptors (Lipinski definition) is 5. The summed E-state index contributed by atoms with van der Waals surface area (Å²) in [5.74, 6) is -0.0378. The first-order chi connectivity index (χ1) is 18.2. The highest BCUT2D eigenvalue weighted by Gasteiger charge is 2.31. The van der Waals surface area contributed by atoms with Crippen LogP contribution in [0.5, 0.6) is 5.75 Å². The summed E-state index contributed by atoms with van der Waals surface area (Å²) in [6.45, 7) is 0.627. The quantitative estimate of drug-likeness (QED) is 0.366. The van der Waals surface area contributed by atoms with Gasteiger partial charge in [0.1, 0.15) is 15.7 Å². The monoisotopic (exact) mass is 545 g/mol. The first kappa shape index (κ1) is 26.5. The molecule has 0 amide bonds. The molecule has 202 valence electrons. The molecule has 0 radical (unpaired) electrons. The van der Waals surface area contributed by atoms with Crippen LogP contribution in [0.15, 0.2) is 82.1 Å². The molecule has 0 bridgehead atoms. The number of rotatable bonds is 9. The minimum atomic E-state index is -4.81. The van der Waals surface area contributed by atoms with Crippen LogP contribution in [0.3, 0.4) is 0 Å². The molecule has 0 spiro atoms. The topological polar surface area (TPSA) is 74.2 Å². The molecule has 0 saturated heterocycles. The van der Waals surface area contributed by atoms with Crippen molar-refractivity contribution >= 4 is 21.3 Å². The zero-order chi connectivity index (χ0) is 26.8. The van der Waals surface area contributed by atoms with Crippen molar-refractivity contribution in [1.29, 1.82) is 0 Å². The third-order valence-electron chi connectivity index (χ3n) is 6.72. The molecule has 10 heteroatoms. The fraction of sp³-hybridized carbons (Fsp3) is 0.357. The summed E-state index contributed by atoms with van der Waals surface area (Å²) in [5.41, 5.74) is 4.42. The van der Waals surface area contributed by atoms with E-state index >= 15 is 0 Å². The Labute approximate surface area is 220 Å². The number of aliphatic hydroxyl groups is 1. The van der Waals surface area contributed by atoms with Gasteiger partial charge < -0.3 is 14.7 Å². The minimum absolute atomic E-state index is 0.0192. The number of aryl methyl sites for hydroxylation is 2. The molecule has 2 atom stereocenters. The lowest BCUT2D eigenvalue weighted by Crippen LogP contribution is -2.39. The molecular weight excluding hydrogens is 515 g/mol. The molecule has 1 heterocycles. The van der Waals surface area contributed by atoms with Crippen LogP contribution < -0.4 is 14.4 Å². The van der Waals surface area contributed by atoms with Crippen LogP contribution in [0.1, 0.15) is 24.0 Å². The fourth-order valence-corrected chi connectivity index (χ4v) is 6.34. The SMILES string of the molecule is O=S(=NCC1CC1)(NCC(O)CN1c2ccccc2CCc2ccccc21)c1ccc(OC(F)(F)F)cc1. The van der Waals surface area contributed by atoms with E-state index in [1.54, 1.807) is 0 Å². The van der Waals surface area contributed by atoms with Gasteiger partial charge in [0, 0.05) is 17.9 Å². The van der Waals surface area contributed by atoms with Crippen molar-refractivity contribution in [2.45, 2.75) is 43.0 Å². The Bertz CT molecular complexity index is 1340. The molecule has 2 N–H and O–H groups in total. The molecule has 1 fully saturated rings. The summed E-state index contributed by atoms with van der Waals surface area (Å²) >= 11 is 0. The number of halogens is 3. The van der Waals surface area contributed by atoms with Gasteiger partial charge in [-0.2, -0.15) is 0 Å². The third-order valence-corrected chi connectivity index (χ3v) is 8.71. The largest absolute Gasteiger partial charge is 0.573 e. The Balaban J connectivity index is 1.35. The highest BCUT2D eigenvalue weighted by atomic mass is 32.2. The maximum atomic E-state index is 13.9. The lowest BCUT2D eigenvalue weighted by molar-refractivity contribution is -0.274. The zero-order valence-corrected chi connectivity index (χ0v) is 21.5. The number of hydrogen-bond donors (Lipinski definition) is 2. The predicted molar refractivity (Wildman–Crippen MR) is 141 cm³/mol. The summed E-state index contributed by atoms with van der Waals surface area (Å²) in [5, 5.41) is 11.1. The normalized spacial score (nSPS) is 17.5. The number of nitrogens with zero attached hydrogens (tertiary/aromatic N) is 2. The lowest BCUT2D eigenvalue weighted by Gasteiger charge is -2.29. The van der Waals surface area contributed by atoms with E-state index in [1.165, 1.54) is 23.3 Å². The second-order valence-electron chi connectivity index (χ2n) is 9.67. The number of anilines is 2. The summed E-state index contributed by atoms with van der Waals surface area (Å²) in [6, 6.07) is 21.1. The molecule has 1 aliphatic heterocycles. The first-order valence-electron chi connectivity index (χ1n) is 12.6. The molecule has 0 aromatic heterocycles. The number of nitrogens with one attached hydrogen (secondary N) is 1. The number of para-hydroxylation sites is 2. The predicted octanol–water partition coefficient (Wildman–Crippen LogP) is 5.62. The Morgan fingerprint density at radius 1 is 0.974 bits per heavy atom. The average molecular weight is 546 g/mol. The average Bonchev–Trinajstić information content (AvgIpc) is 3.74. The van der Waals surface area contributed by atoms with Gasteiger partial charge in [0.25, 0.3) is 0 Å². The molecule has 3 aromatic carbocycles. The van der Waals surface area contributed by atoms with E-state index in [-0.39, 0.29) is 18.0 Å². The van der Waals surface area contributed by atoms with E-state index in [0.29, 0.717) is 12.5 Å². The van der Waals surface area contributed by atoms with E-state index in [0.717, 1.165) is 49.2 Å². The first-order valence-corrected chi connectivity index (χ1v) is 14.2. The van der Waals surface area contributed by atoms with E-state index < -0.39 is 28.1 Å². The summed E-state index contributed by atoms with van der Waals surface area (Å²) < 4.78 is 62.9. The number of aliphatic hydroxyl groups excluding tert-OH is 1. The highest BCUT2D eigenvalue weighted by molar-refractivity contribution is 7.91. The van der Waals surface area contributed by atoms with Crippen molar-refractivity contribution in [3.05, 3.63) is 83.9 Å². The zero-order valence-electron chi connectivity index (χ0n) is 20.7. The van der Waals surface area contributed by atoms with Crippen molar-refractivity contribution in [3.63, 3.8) is 0 Å². The van der Waals surface area contributed by atoms with Crippen molar-refractivity contribution in [1.82, 2.24) is 4.72 Å². The van der Waals surface area contributed by atoms with Gasteiger partial charge in [0.15, 0.2) is 0 Å². The molecule has 1 aliphatic carbocycles. The van der Waals surface area contributed by atoms with E-state index in [2.05, 4.69) is 30.9 Å². The summed E-state index contributed by atoms with van der Waals surface area (Å²) in [4.78, 5) is 2.33. The van der Waals surface area contributed by atoms with Crippen LogP contribution in [-0.2, 0) is 22.8 Å². The van der Waals surface area contributed by atoms with Gasteiger partial charge in [0.2, 0.25) is 0 Å². The van der Waals surface area contributed by atoms with Crippen molar-refractivity contribution in [2.24, 2.45) is 10.3 Å². The van der Waals surface area contributed by atoms with Crippen molar-refractivity contribution < 1.29 is 27.2 Å². The number of ether oxygens (including phenoxy) is 1. The van der Waals surface area contributed by atoms with Gasteiger partial charge in [-0.25, -0.2) is 13.3 Å². The number of β-amino-alcohol motifs (C(OH)–C–C–N with tert-alkyl or cyclic N) is 1. The third kappa shape index (κ3) is 6.48. The van der Waals surface area contributed by atoms with Gasteiger partial charge in [-0.3, -0.25) is 0 Å². The van der Waals surface area contributed by atoms with Crippen molar-refractivity contribution in [2.75, 3.05) is 24.5 Å². The second-order valence-corrected chi connectivity index (χ2v) is 11.7. The number of fused-ring (bicyclic) bond motifs is 2. The standard InChI is InChI=1S/C28H30F3N3O3S/c29-28(30,31)37-24-13-15-25(16-14-24)38(36,32-17-20-9-10-20)33-18-23(35)19-34-26-7-3-1-5-21(26)11-12-22-6-2-4-8-27(22)34/h1-8,13-16,20,23,35H,9-12,17-19H2,(H,32,33,36). The Hall–Kier alpha value is -3.08. The van der Waals surface area contributed by atoms with Crippen molar-refractivity contribution in [3.8, 4) is 5.75 Å². The van der Waals surface area contributed by atoms with Gasteiger partial charge in [-0.1, -0.05) is 36.4 Å². The van der Waals surface area contributed by atoms with Gasteiger partial charge >= 0.3 is 6.36 Å². The molecule has 1 saturated carbocycles. The molecule has 3 aromatic rings. The van der Waals surface area contributed by atoms with Gasteiger partial charge in [-0.05, 0) is 79.1 Å². The highest BCUT2D eigenvalue weighted by Crippen LogP contribution is 2.36. The maximum absolute atomic E-state index is 13.9. The number of alkyl halides is 3. The maximum Gasteiger partial charge on any atom is 0.573 e. The fourth-order valence-electron chi connectivity index (χ4n) is 4.59.